The van der Waals surface area contributed by atoms with Gasteiger partial charge in [-0.25, -0.2) is 9.18 Å². The number of benzene rings is 2. The number of anilines is 1. The van der Waals surface area contributed by atoms with Gasteiger partial charge >= 0.3 is 5.97 Å². The van der Waals surface area contributed by atoms with Crippen molar-refractivity contribution in [3.05, 3.63) is 65.5 Å². The summed E-state index contributed by atoms with van der Waals surface area (Å²) in [6.45, 7) is 1.96. The highest BCUT2D eigenvalue weighted by Crippen LogP contribution is 2.20. The van der Waals surface area contributed by atoms with E-state index >= 15 is 0 Å². The molecule has 10 heteroatoms. The van der Waals surface area contributed by atoms with Gasteiger partial charge < -0.3 is 10.1 Å². The summed E-state index contributed by atoms with van der Waals surface area (Å²) in [4.78, 5) is 24.1. The lowest BCUT2D eigenvalue weighted by molar-refractivity contribution is -0.116. The van der Waals surface area contributed by atoms with E-state index in [-0.39, 0.29) is 38.3 Å². The highest BCUT2D eigenvalue weighted by atomic mass is 32.2. The zero-order valence-corrected chi connectivity index (χ0v) is 17.9. The maximum absolute atomic E-state index is 13.9. The van der Waals surface area contributed by atoms with Crippen LogP contribution >= 0.6 is 0 Å². The Kier molecular flexibility index (Phi) is 7.37. The van der Waals surface area contributed by atoms with E-state index < -0.39 is 27.9 Å². The standard InChI is InChI=1S/C21H24FN3O5S/c1-2-30-21(27)16-8-10-18(11-9-16)23-20(26)15-25-13-5-12-24(31(25,28)29)14-17-6-3-4-7-19(17)22/h3-4,6-11H,2,5,12-15H2,1H3,(H,23,26). The van der Waals surface area contributed by atoms with Gasteiger partial charge in [0.1, 0.15) is 5.82 Å². The van der Waals surface area contributed by atoms with E-state index in [1.165, 1.54) is 28.6 Å². The topological polar surface area (TPSA) is 96.0 Å². The molecule has 1 amide bonds. The molecule has 166 valence electrons. The molecule has 2 aromatic rings. The van der Waals surface area contributed by atoms with Crippen LogP contribution in [0.4, 0.5) is 10.1 Å². The molecular formula is C21H24FN3O5S. The van der Waals surface area contributed by atoms with E-state index in [4.69, 9.17) is 4.74 Å². The summed E-state index contributed by atoms with van der Waals surface area (Å²) in [7, 11) is -3.91. The first kappa shape index (κ1) is 22.9. The number of hydrogen-bond acceptors (Lipinski definition) is 5. The van der Waals surface area contributed by atoms with Crippen molar-refractivity contribution in [1.82, 2.24) is 8.61 Å². The molecule has 1 aliphatic rings. The first-order valence-corrected chi connectivity index (χ1v) is 11.3. The fourth-order valence-electron chi connectivity index (χ4n) is 3.22. The summed E-state index contributed by atoms with van der Waals surface area (Å²) in [6.07, 6.45) is 0.523. The Hall–Kier alpha value is -2.82. The lowest BCUT2D eigenvalue weighted by Crippen LogP contribution is -2.51. The lowest BCUT2D eigenvalue weighted by atomic mass is 10.2. The number of rotatable bonds is 7. The van der Waals surface area contributed by atoms with Gasteiger partial charge in [-0.1, -0.05) is 18.2 Å². The third kappa shape index (κ3) is 5.66. The van der Waals surface area contributed by atoms with Crippen molar-refractivity contribution < 1.29 is 27.1 Å². The van der Waals surface area contributed by atoms with E-state index in [1.807, 2.05) is 0 Å². The molecule has 0 bridgehead atoms. The molecule has 0 aliphatic carbocycles. The second kappa shape index (κ2) is 9.99. The maximum atomic E-state index is 13.9. The van der Waals surface area contributed by atoms with Crippen LogP contribution in [0.2, 0.25) is 0 Å². The average Bonchev–Trinajstić information content (AvgIpc) is 2.73. The van der Waals surface area contributed by atoms with Crippen LogP contribution in [-0.2, 0) is 26.3 Å². The molecule has 31 heavy (non-hydrogen) atoms. The predicted octanol–water partition coefficient (Wildman–Crippen LogP) is 2.39. The zero-order valence-electron chi connectivity index (χ0n) is 17.1. The number of nitrogens with one attached hydrogen (secondary N) is 1. The minimum Gasteiger partial charge on any atom is -0.462 e. The number of esters is 1. The number of ether oxygens (including phenoxy) is 1. The van der Waals surface area contributed by atoms with Crippen LogP contribution in [0.25, 0.3) is 0 Å². The van der Waals surface area contributed by atoms with Gasteiger partial charge in [-0.2, -0.15) is 17.0 Å². The molecule has 3 rings (SSSR count). The molecule has 1 saturated heterocycles. The smallest absolute Gasteiger partial charge is 0.338 e. The van der Waals surface area contributed by atoms with Gasteiger partial charge in [-0.15, -0.1) is 0 Å². The number of nitrogens with zero attached hydrogens (tertiary/aromatic N) is 2. The monoisotopic (exact) mass is 449 g/mol. The molecule has 2 aromatic carbocycles. The normalized spacial score (nSPS) is 16.6. The number of amides is 1. The quantitative estimate of drug-likeness (QED) is 0.655. The van der Waals surface area contributed by atoms with Crippen molar-refractivity contribution in [1.29, 1.82) is 0 Å². The molecule has 8 nitrogen and oxygen atoms in total. The Morgan fingerprint density at radius 1 is 1.06 bits per heavy atom. The van der Waals surface area contributed by atoms with Crippen LogP contribution in [0.15, 0.2) is 48.5 Å². The first-order valence-electron chi connectivity index (χ1n) is 9.87. The third-order valence-electron chi connectivity index (χ3n) is 4.77. The fourth-order valence-corrected chi connectivity index (χ4v) is 4.85. The van der Waals surface area contributed by atoms with E-state index in [2.05, 4.69) is 5.32 Å². The number of carbonyl (C=O) groups is 2. The SMILES string of the molecule is CCOC(=O)c1ccc(NC(=O)CN2CCCN(Cc3ccccc3F)S2(=O)=O)cc1. The molecule has 1 N–H and O–H groups in total. The van der Waals surface area contributed by atoms with E-state index in [0.29, 0.717) is 17.7 Å². The number of halogens is 1. The molecule has 0 saturated carbocycles. The van der Waals surface area contributed by atoms with Gasteiger partial charge in [0, 0.05) is 30.9 Å². The molecule has 0 atom stereocenters. The van der Waals surface area contributed by atoms with E-state index in [1.54, 1.807) is 31.2 Å². The van der Waals surface area contributed by atoms with Crippen molar-refractivity contribution in [3.63, 3.8) is 0 Å². The van der Waals surface area contributed by atoms with Crippen molar-refractivity contribution in [3.8, 4) is 0 Å². The van der Waals surface area contributed by atoms with E-state index in [9.17, 15) is 22.4 Å². The van der Waals surface area contributed by atoms with Crippen molar-refractivity contribution in [2.24, 2.45) is 0 Å². The summed E-state index contributed by atoms with van der Waals surface area (Å²) in [5.41, 5.74) is 1.05. The van der Waals surface area contributed by atoms with Crippen molar-refractivity contribution in [2.45, 2.75) is 19.9 Å². The largest absolute Gasteiger partial charge is 0.462 e. The number of hydrogen-bond donors (Lipinski definition) is 1. The van der Waals surface area contributed by atoms with E-state index in [0.717, 1.165) is 4.31 Å². The minimum absolute atomic E-state index is 0.0948. The van der Waals surface area contributed by atoms with Gasteiger partial charge in [-0.05, 0) is 43.7 Å². The Morgan fingerprint density at radius 3 is 2.42 bits per heavy atom. The average molecular weight is 450 g/mol. The minimum atomic E-state index is -3.91. The van der Waals surface area contributed by atoms with Gasteiger partial charge in [0.05, 0.1) is 18.7 Å². The van der Waals surface area contributed by atoms with Crippen LogP contribution in [0.5, 0.6) is 0 Å². The van der Waals surface area contributed by atoms with Crippen LogP contribution in [0, 0.1) is 5.82 Å². The van der Waals surface area contributed by atoms with Gasteiger partial charge in [0.2, 0.25) is 5.91 Å². The molecule has 1 fully saturated rings. The summed E-state index contributed by atoms with van der Waals surface area (Å²) in [5.74, 6) is -1.45. The van der Waals surface area contributed by atoms with Crippen molar-refractivity contribution >= 4 is 27.8 Å². The molecule has 0 spiro atoms. The Bertz CT molecular complexity index is 1040. The van der Waals surface area contributed by atoms with Crippen molar-refractivity contribution in [2.75, 3.05) is 31.6 Å². The van der Waals surface area contributed by atoms with Crippen LogP contribution in [0.1, 0.15) is 29.3 Å². The Morgan fingerprint density at radius 2 is 1.74 bits per heavy atom. The molecule has 0 radical (unpaired) electrons. The Balaban J connectivity index is 1.62. The van der Waals surface area contributed by atoms with Gasteiger partial charge in [-0.3, -0.25) is 4.79 Å². The highest BCUT2D eigenvalue weighted by molar-refractivity contribution is 7.86. The zero-order chi connectivity index (χ0) is 22.4. The third-order valence-corrected chi connectivity index (χ3v) is 6.70. The molecule has 1 aliphatic heterocycles. The Labute approximate surface area is 180 Å². The van der Waals surface area contributed by atoms with Gasteiger partial charge in [0.25, 0.3) is 10.2 Å². The fraction of sp³-hybridized carbons (Fsp3) is 0.333. The van der Waals surface area contributed by atoms with Crippen LogP contribution < -0.4 is 5.32 Å². The molecule has 0 unspecified atom stereocenters. The maximum Gasteiger partial charge on any atom is 0.338 e. The second-order valence-corrected chi connectivity index (χ2v) is 8.89. The summed E-state index contributed by atoms with van der Waals surface area (Å²) < 4.78 is 46.9. The molecule has 1 heterocycles. The number of carbonyl (C=O) groups excluding carboxylic acids is 2. The summed E-state index contributed by atoms with van der Waals surface area (Å²) in [6, 6.07) is 12.1. The highest BCUT2D eigenvalue weighted by Gasteiger charge is 2.35. The van der Waals surface area contributed by atoms with Crippen LogP contribution in [0.3, 0.4) is 0 Å². The summed E-state index contributed by atoms with van der Waals surface area (Å²) in [5, 5.41) is 2.62. The first-order chi connectivity index (χ1) is 14.8. The molecule has 0 aromatic heterocycles. The van der Waals surface area contributed by atoms with Crippen LogP contribution in [-0.4, -0.2) is 55.1 Å². The second-order valence-electron chi connectivity index (χ2n) is 6.97. The summed E-state index contributed by atoms with van der Waals surface area (Å²) >= 11 is 0. The lowest BCUT2D eigenvalue weighted by Gasteiger charge is -2.34. The van der Waals surface area contributed by atoms with Gasteiger partial charge in [0.15, 0.2) is 0 Å². The predicted molar refractivity (Wildman–Crippen MR) is 113 cm³/mol. The molecular weight excluding hydrogens is 425 g/mol.